The van der Waals surface area contributed by atoms with Crippen LogP contribution in [0.4, 0.5) is 5.13 Å². The first-order valence-electron chi connectivity index (χ1n) is 7.32. The van der Waals surface area contributed by atoms with Gasteiger partial charge in [-0.2, -0.15) is 4.37 Å². The Hall–Kier alpha value is -1.95. The van der Waals surface area contributed by atoms with Gasteiger partial charge in [-0.15, -0.1) is 0 Å². The second-order valence-electron chi connectivity index (χ2n) is 6.58. The summed E-state index contributed by atoms with van der Waals surface area (Å²) < 4.78 is 6.61. The van der Waals surface area contributed by atoms with E-state index in [1.54, 1.807) is 0 Å². The Morgan fingerprint density at radius 1 is 1.18 bits per heavy atom. The van der Waals surface area contributed by atoms with E-state index in [0.29, 0.717) is 6.54 Å². The molecule has 0 amide bonds. The lowest BCUT2D eigenvalue weighted by Crippen LogP contribution is -2.20. The first-order chi connectivity index (χ1) is 10.4. The molecule has 0 atom stereocenters. The van der Waals surface area contributed by atoms with Gasteiger partial charge in [0.25, 0.3) is 0 Å². The van der Waals surface area contributed by atoms with Crippen molar-refractivity contribution in [3.05, 3.63) is 35.9 Å². The van der Waals surface area contributed by atoms with Crippen molar-refractivity contribution in [2.24, 2.45) is 7.05 Å². The summed E-state index contributed by atoms with van der Waals surface area (Å²) in [6, 6.07) is 8.19. The Kier molecular flexibility index (Phi) is 3.64. The van der Waals surface area contributed by atoms with E-state index in [4.69, 9.17) is 4.98 Å². The SMILES string of the molecule is CN(Cc1nc2ccccc2n1C)c1nc(C(C)(C)C)ns1. The van der Waals surface area contributed by atoms with Crippen LogP contribution >= 0.6 is 11.5 Å². The van der Waals surface area contributed by atoms with Gasteiger partial charge in [0.1, 0.15) is 11.6 Å². The van der Waals surface area contributed by atoms with Crippen LogP contribution in [0.3, 0.4) is 0 Å². The van der Waals surface area contributed by atoms with Crippen LogP contribution in [-0.2, 0) is 19.0 Å². The van der Waals surface area contributed by atoms with Gasteiger partial charge in [0.05, 0.1) is 17.6 Å². The molecule has 0 spiro atoms. The van der Waals surface area contributed by atoms with E-state index >= 15 is 0 Å². The van der Waals surface area contributed by atoms with E-state index in [9.17, 15) is 0 Å². The molecule has 0 aliphatic rings. The van der Waals surface area contributed by atoms with Crippen LogP contribution in [0.15, 0.2) is 24.3 Å². The minimum absolute atomic E-state index is 0.0203. The highest BCUT2D eigenvalue weighted by molar-refractivity contribution is 7.09. The van der Waals surface area contributed by atoms with Crippen LogP contribution in [0.5, 0.6) is 0 Å². The minimum atomic E-state index is -0.0203. The van der Waals surface area contributed by atoms with Crippen LogP contribution in [0, 0.1) is 0 Å². The van der Waals surface area contributed by atoms with E-state index in [1.165, 1.54) is 11.5 Å². The molecular formula is C16H21N5S. The number of fused-ring (bicyclic) bond motifs is 1. The summed E-state index contributed by atoms with van der Waals surface area (Å²) >= 11 is 1.44. The fraction of sp³-hybridized carbons (Fsp3) is 0.438. The molecule has 116 valence electrons. The number of nitrogens with zero attached hydrogens (tertiary/aromatic N) is 5. The van der Waals surface area contributed by atoms with Gasteiger partial charge in [0.15, 0.2) is 0 Å². The van der Waals surface area contributed by atoms with E-state index in [2.05, 4.69) is 52.7 Å². The Labute approximate surface area is 134 Å². The first-order valence-corrected chi connectivity index (χ1v) is 8.09. The Morgan fingerprint density at radius 3 is 2.55 bits per heavy atom. The highest BCUT2D eigenvalue weighted by Crippen LogP contribution is 2.25. The zero-order chi connectivity index (χ0) is 15.9. The van der Waals surface area contributed by atoms with Gasteiger partial charge in [0, 0.05) is 31.0 Å². The fourth-order valence-corrected chi connectivity index (χ4v) is 3.11. The Morgan fingerprint density at radius 2 is 1.91 bits per heavy atom. The van der Waals surface area contributed by atoms with E-state index in [1.807, 2.05) is 25.2 Å². The van der Waals surface area contributed by atoms with Gasteiger partial charge in [-0.1, -0.05) is 32.9 Å². The van der Waals surface area contributed by atoms with E-state index in [-0.39, 0.29) is 5.41 Å². The second-order valence-corrected chi connectivity index (χ2v) is 7.31. The average Bonchev–Trinajstić information content (AvgIpc) is 3.05. The largest absolute Gasteiger partial charge is 0.342 e. The molecule has 0 saturated heterocycles. The normalized spacial score (nSPS) is 12.0. The van der Waals surface area contributed by atoms with Crippen molar-refractivity contribution in [3.63, 3.8) is 0 Å². The van der Waals surface area contributed by atoms with Crippen molar-refractivity contribution in [2.75, 3.05) is 11.9 Å². The Balaban J connectivity index is 1.85. The third-order valence-electron chi connectivity index (χ3n) is 3.67. The maximum atomic E-state index is 4.71. The monoisotopic (exact) mass is 315 g/mol. The molecule has 0 aliphatic carbocycles. The molecule has 0 bridgehead atoms. The fourth-order valence-electron chi connectivity index (χ4n) is 2.29. The van der Waals surface area contributed by atoms with Crippen LogP contribution in [0.25, 0.3) is 11.0 Å². The number of aryl methyl sites for hydroxylation is 1. The lowest BCUT2D eigenvalue weighted by Gasteiger charge is -2.16. The van der Waals surface area contributed by atoms with Crippen molar-refractivity contribution in [1.29, 1.82) is 0 Å². The highest BCUT2D eigenvalue weighted by Gasteiger charge is 2.21. The van der Waals surface area contributed by atoms with E-state index < -0.39 is 0 Å². The summed E-state index contributed by atoms with van der Waals surface area (Å²) in [5, 5.41) is 0.928. The van der Waals surface area contributed by atoms with Gasteiger partial charge < -0.3 is 9.47 Å². The summed E-state index contributed by atoms with van der Waals surface area (Å²) in [7, 11) is 4.09. The molecule has 2 aromatic heterocycles. The van der Waals surface area contributed by atoms with Gasteiger partial charge in [0.2, 0.25) is 5.13 Å². The first kappa shape index (κ1) is 15.0. The predicted molar refractivity (Wildman–Crippen MR) is 91.4 cm³/mol. The van der Waals surface area contributed by atoms with Gasteiger partial charge in [-0.25, -0.2) is 9.97 Å². The summed E-state index contributed by atoms with van der Waals surface area (Å²) in [6.45, 7) is 7.10. The average molecular weight is 315 g/mol. The molecule has 0 saturated carbocycles. The van der Waals surface area contributed by atoms with E-state index in [0.717, 1.165) is 27.8 Å². The number of aromatic nitrogens is 4. The zero-order valence-corrected chi connectivity index (χ0v) is 14.5. The lowest BCUT2D eigenvalue weighted by molar-refractivity contribution is 0.554. The summed E-state index contributed by atoms with van der Waals surface area (Å²) in [5.74, 6) is 1.92. The molecule has 3 aromatic rings. The lowest BCUT2D eigenvalue weighted by atomic mass is 9.96. The maximum Gasteiger partial charge on any atom is 0.205 e. The smallest absolute Gasteiger partial charge is 0.205 e. The quantitative estimate of drug-likeness (QED) is 0.743. The third kappa shape index (κ3) is 2.70. The number of hydrogen-bond acceptors (Lipinski definition) is 5. The van der Waals surface area contributed by atoms with Crippen LogP contribution < -0.4 is 4.90 Å². The summed E-state index contributed by atoms with van der Waals surface area (Å²) in [4.78, 5) is 11.5. The van der Waals surface area contributed by atoms with Gasteiger partial charge in [-0.3, -0.25) is 0 Å². The summed E-state index contributed by atoms with van der Waals surface area (Å²) in [6.07, 6.45) is 0. The number of rotatable bonds is 3. The topological polar surface area (TPSA) is 46.8 Å². The number of benzene rings is 1. The van der Waals surface area contributed by atoms with Crippen LogP contribution in [0.2, 0.25) is 0 Å². The van der Waals surface area contributed by atoms with Gasteiger partial charge in [-0.05, 0) is 12.1 Å². The van der Waals surface area contributed by atoms with Crippen molar-refractivity contribution < 1.29 is 0 Å². The molecule has 0 fully saturated rings. The summed E-state index contributed by atoms with van der Waals surface area (Å²) in [5.41, 5.74) is 2.16. The Bertz CT molecular complexity index is 796. The maximum absolute atomic E-state index is 4.71. The second kappa shape index (κ2) is 5.35. The van der Waals surface area contributed by atoms with Crippen molar-refractivity contribution in [3.8, 4) is 0 Å². The van der Waals surface area contributed by atoms with Crippen molar-refractivity contribution >= 4 is 27.7 Å². The molecule has 22 heavy (non-hydrogen) atoms. The molecule has 1 aromatic carbocycles. The minimum Gasteiger partial charge on any atom is -0.342 e. The molecule has 6 heteroatoms. The number of para-hydroxylation sites is 2. The third-order valence-corrected chi connectivity index (χ3v) is 4.50. The number of hydrogen-bond donors (Lipinski definition) is 0. The van der Waals surface area contributed by atoms with Gasteiger partial charge >= 0.3 is 0 Å². The molecule has 0 N–H and O–H groups in total. The molecule has 0 aliphatic heterocycles. The number of imidazole rings is 1. The molecule has 2 heterocycles. The highest BCUT2D eigenvalue weighted by atomic mass is 32.1. The van der Waals surface area contributed by atoms with Crippen LogP contribution in [-0.4, -0.2) is 26.0 Å². The molecule has 0 unspecified atom stereocenters. The van der Waals surface area contributed by atoms with Crippen LogP contribution in [0.1, 0.15) is 32.4 Å². The van der Waals surface area contributed by atoms with Crippen molar-refractivity contribution in [2.45, 2.75) is 32.7 Å². The molecule has 0 radical (unpaired) electrons. The number of anilines is 1. The standard InChI is InChI=1S/C16H21N5S/c1-16(2,3)14-18-15(22-19-14)20(4)10-13-17-11-8-6-7-9-12(11)21(13)5/h6-9H,10H2,1-5H3. The molecule has 5 nitrogen and oxygen atoms in total. The van der Waals surface area contributed by atoms with Crippen molar-refractivity contribution in [1.82, 2.24) is 18.9 Å². The molecular weight excluding hydrogens is 294 g/mol. The molecule has 3 rings (SSSR count). The zero-order valence-electron chi connectivity index (χ0n) is 13.7. The predicted octanol–water partition coefficient (Wildman–Crippen LogP) is 3.36.